The lowest BCUT2D eigenvalue weighted by atomic mass is 10.0. The predicted octanol–water partition coefficient (Wildman–Crippen LogP) is 3.39. The molecule has 1 aliphatic heterocycles. The molecule has 0 saturated carbocycles. The van der Waals surface area contributed by atoms with Gasteiger partial charge in [0.05, 0.1) is 5.69 Å². The summed E-state index contributed by atoms with van der Waals surface area (Å²) in [5.74, 6) is 0.156. The molecule has 0 N–H and O–H groups in total. The first-order valence-electron chi connectivity index (χ1n) is 6.38. The number of anilines is 1. The van der Waals surface area contributed by atoms with Crippen LogP contribution in [0.3, 0.4) is 0 Å². The third-order valence-electron chi connectivity index (χ3n) is 3.38. The second-order valence-electron chi connectivity index (χ2n) is 4.75. The first-order valence-corrected chi connectivity index (χ1v) is 6.90. The summed E-state index contributed by atoms with van der Waals surface area (Å²) in [6.07, 6.45) is 0.520. The van der Waals surface area contributed by atoms with E-state index in [9.17, 15) is 4.79 Å². The molecular weight excluding hydrogens is 254 g/mol. The summed E-state index contributed by atoms with van der Waals surface area (Å²) in [5, 5.41) is 0.135. The maximum Gasteiger partial charge on any atom is 0.228 e. The second-order valence-corrected chi connectivity index (χ2v) is 5.48. The van der Waals surface area contributed by atoms with Crippen LogP contribution >= 0.6 is 12.6 Å². The lowest BCUT2D eigenvalue weighted by Gasteiger charge is -2.20. The number of amides is 1. The topological polar surface area (TPSA) is 20.3 Å². The van der Waals surface area contributed by atoms with Crippen LogP contribution in [-0.4, -0.2) is 17.7 Å². The van der Waals surface area contributed by atoms with Gasteiger partial charge in [-0.25, -0.2) is 0 Å². The van der Waals surface area contributed by atoms with E-state index in [2.05, 4.69) is 30.8 Å². The van der Waals surface area contributed by atoms with Crippen molar-refractivity contribution in [3.05, 3.63) is 54.6 Å². The highest BCUT2D eigenvalue weighted by atomic mass is 32.1. The van der Waals surface area contributed by atoms with Gasteiger partial charge in [-0.3, -0.25) is 4.79 Å². The molecule has 1 atom stereocenters. The van der Waals surface area contributed by atoms with Crippen LogP contribution in [0.5, 0.6) is 0 Å². The molecule has 0 spiro atoms. The minimum atomic E-state index is 0.135. The van der Waals surface area contributed by atoms with E-state index in [-0.39, 0.29) is 11.2 Å². The van der Waals surface area contributed by atoms with Gasteiger partial charge in [0.15, 0.2) is 0 Å². The molecule has 1 fully saturated rings. The molecule has 1 unspecified atom stereocenters. The minimum Gasteiger partial charge on any atom is -0.311 e. The Bertz CT molecular complexity index is 597. The van der Waals surface area contributed by atoms with Crippen LogP contribution in [0.2, 0.25) is 0 Å². The average molecular weight is 269 g/mol. The summed E-state index contributed by atoms with van der Waals surface area (Å²) < 4.78 is 0. The van der Waals surface area contributed by atoms with Crippen molar-refractivity contribution in [2.45, 2.75) is 11.7 Å². The van der Waals surface area contributed by atoms with E-state index in [1.54, 1.807) is 0 Å². The standard InChI is InChI=1S/C16H15NOS/c18-16-10-13(19)11-17(16)15-9-5-4-8-14(15)12-6-2-1-3-7-12/h1-9,13,19H,10-11H2. The van der Waals surface area contributed by atoms with Crippen molar-refractivity contribution in [3.63, 3.8) is 0 Å². The highest BCUT2D eigenvalue weighted by Gasteiger charge is 2.29. The fourth-order valence-corrected chi connectivity index (χ4v) is 2.81. The Morgan fingerprint density at radius 1 is 1.00 bits per heavy atom. The normalized spacial score (nSPS) is 18.9. The van der Waals surface area contributed by atoms with Crippen molar-refractivity contribution < 1.29 is 4.79 Å². The van der Waals surface area contributed by atoms with Gasteiger partial charge >= 0.3 is 0 Å². The number of benzene rings is 2. The number of rotatable bonds is 2. The van der Waals surface area contributed by atoms with E-state index < -0.39 is 0 Å². The van der Waals surface area contributed by atoms with Gasteiger partial charge in [-0.1, -0.05) is 48.5 Å². The number of hydrogen-bond acceptors (Lipinski definition) is 2. The first kappa shape index (κ1) is 12.3. The van der Waals surface area contributed by atoms with Crippen molar-refractivity contribution in [1.29, 1.82) is 0 Å². The molecule has 2 aromatic rings. The minimum absolute atomic E-state index is 0.135. The molecule has 1 amide bonds. The van der Waals surface area contributed by atoms with Gasteiger partial charge in [-0.05, 0) is 11.6 Å². The van der Waals surface area contributed by atoms with Crippen LogP contribution < -0.4 is 4.90 Å². The Hall–Kier alpha value is -1.74. The van der Waals surface area contributed by atoms with E-state index in [0.717, 1.165) is 16.8 Å². The highest BCUT2D eigenvalue weighted by Crippen LogP contribution is 2.33. The van der Waals surface area contributed by atoms with E-state index in [0.29, 0.717) is 13.0 Å². The molecule has 19 heavy (non-hydrogen) atoms. The number of carbonyl (C=O) groups is 1. The number of thiol groups is 1. The SMILES string of the molecule is O=C1CC(S)CN1c1ccccc1-c1ccccc1. The second kappa shape index (κ2) is 5.10. The molecule has 0 bridgehead atoms. The fraction of sp³-hybridized carbons (Fsp3) is 0.188. The molecular formula is C16H15NOS. The van der Waals surface area contributed by atoms with Crippen LogP contribution in [0.4, 0.5) is 5.69 Å². The quantitative estimate of drug-likeness (QED) is 0.829. The Morgan fingerprint density at radius 3 is 2.37 bits per heavy atom. The predicted molar refractivity (Wildman–Crippen MR) is 81.6 cm³/mol. The van der Waals surface area contributed by atoms with Crippen molar-refractivity contribution >= 4 is 24.2 Å². The largest absolute Gasteiger partial charge is 0.311 e. The smallest absolute Gasteiger partial charge is 0.228 e. The van der Waals surface area contributed by atoms with Gasteiger partial charge in [-0.15, -0.1) is 0 Å². The molecule has 0 radical (unpaired) electrons. The zero-order valence-electron chi connectivity index (χ0n) is 10.5. The first-order chi connectivity index (χ1) is 9.25. The van der Waals surface area contributed by atoms with Crippen molar-refractivity contribution in [3.8, 4) is 11.1 Å². The Labute approximate surface area is 118 Å². The molecule has 1 heterocycles. The van der Waals surface area contributed by atoms with Crippen molar-refractivity contribution in [2.75, 3.05) is 11.4 Å². The molecule has 0 aromatic heterocycles. The average Bonchev–Trinajstić information content (AvgIpc) is 2.79. The lowest BCUT2D eigenvalue weighted by molar-refractivity contribution is -0.117. The summed E-state index contributed by atoms with van der Waals surface area (Å²) in [5.41, 5.74) is 3.21. The van der Waals surface area contributed by atoms with E-state index in [1.165, 1.54) is 0 Å². The summed E-state index contributed by atoms with van der Waals surface area (Å²) in [4.78, 5) is 13.9. The van der Waals surface area contributed by atoms with Crippen LogP contribution in [0.15, 0.2) is 54.6 Å². The summed E-state index contributed by atoms with van der Waals surface area (Å²) >= 11 is 4.42. The van der Waals surface area contributed by atoms with Crippen molar-refractivity contribution in [2.24, 2.45) is 0 Å². The third kappa shape index (κ3) is 2.38. The molecule has 2 nitrogen and oxygen atoms in total. The molecule has 3 rings (SSSR count). The van der Waals surface area contributed by atoms with Crippen LogP contribution in [0.25, 0.3) is 11.1 Å². The summed E-state index contributed by atoms with van der Waals surface area (Å²) in [7, 11) is 0. The Kier molecular flexibility index (Phi) is 3.30. The highest BCUT2D eigenvalue weighted by molar-refractivity contribution is 7.81. The summed E-state index contributed by atoms with van der Waals surface area (Å²) in [6, 6.07) is 18.2. The molecule has 2 aromatic carbocycles. The Morgan fingerprint density at radius 2 is 1.68 bits per heavy atom. The number of carbonyl (C=O) groups excluding carboxylic acids is 1. The van der Waals surface area contributed by atoms with Crippen LogP contribution in [-0.2, 0) is 4.79 Å². The van der Waals surface area contributed by atoms with E-state index in [4.69, 9.17) is 0 Å². The monoisotopic (exact) mass is 269 g/mol. The van der Waals surface area contributed by atoms with Gasteiger partial charge in [0.1, 0.15) is 0 Å². The number of hydrogen-bond donors (Lipinski definition) is 1. The van der Waals surface area contributed by atoms with Crippen LogP contribution in [0.1, 0.15) is 6.42 Å². The van der Waals surface area contributed by atoms with E-state index in [1.807, 2.05) is 41.3 Å². The number of nitrogens with zero attached hydrogens (tertiary/aromatic N) is 1. The number of para-hydroxylation sites is 1. The maximum atomic E-state index is 12.0. The Balaban J connectivity index is 2.06. The summed E-state index contributed by atoms with van der Waals surface area (Å²) in [6.45, 7) is 0.686. The molecule has 3 heteroatoms. The van der Waals surface area contributed by atoms with Gasteiger partial charge < -0.3 is 4.90 Å². The van der Waals surface area contributed by atoms with Gasteiger partial charge in [0, 0.05) is 23.8 Å². The van der Waals surface area contributed by atoms with E-state index >= 15 is 0 Å². The fourth-order valence-electron chi connectivity index (χ4n) is 2.49. The zero-order chi connectivity index (χ0) is 13.2. The molecule has 96 valence electrons. The van der Waals surface area contributed by atoms with Gasteiger partial charge in [-0.2, -0.15) is 12.6 Å². The lowest BCUT2D eigenvalue weighted by Crippen LogP contribution is -2.25. The van der Waals surface area contributed by atoms with Crippen LogP contribution in [0, 0.1) is 0 Å². The van der Waals surface area contributed by atoms with Gasteiger partial charge in [0.2, 0.25) is 5.91 Å². The maximum absolute atomic E-state index is 12.0. The molecule has 1 aliphatic rings. The molecule has 0 aliphatic carbocycles. The third-order valence-corrected chi connectivity index (χ3v) is 3.73. The van der Waals surface area contributed by atoms with Gasteiger partial charge in [0.25, 0.3) is 0 Å². The molecule has 1 saturated heterocycles. The zero-order valence-corrected chi connectivity index (χ0v) is 11.4. The van der Waals surface area contributed by atoms with Crippen molar-refractivity contribution in [1.82, 2.24) is 0 Å².